The molecule has 0 spiro atoms. The molecule has 0 bridgehead atoms. The Morgan fingerprint density at radius 3 is 1.93 bits per heavy atom. The standard InChI is InChI=1S/C10H10Cl2F2/c1-4(2)6-8(12)7(11)5(3)9(13)10(6)14/h4H,1-3H3. The van der Waals surface area contributed by atoms with E-state index in [1.165, 1.54) is 6.92 Å². The topological polar surface area (TPSA) is 0 Å². The highest BCUT2D eigenvalue weighted by molar-refractivity contribution is 6.43. The van der Waals surface area contributed by atoms with Gasteiger partial charge in [-0.05, 0) is 12.8 Å². The number of halogens is 4. The Balaban J connectivity index is 3.60. The predicted molar refractivity (Wildman–Crippen MR) is 55.2 cm³/mol. The fourth-order valence-electron chi connectivity index (χ4n) is 1.27. The summed E-state index contributed by atoms with van der Waals surface area (Å²) in [6.07, 6.45) is 0. The van der Waals surface area contributed by atoms with E-state index in [1.807, 2.05) is 0 Å². The van der Waals surface area contributed by atoms with Crippen molar-refractivity contribution in [3.05, 3.63) is 32.8 Å². The summed E-state index contributed by atoms with van der Waals surface area (Å²) in [5, 5.41) is 0.201. The van der Waals surface area contributed by atoms with Crippen molar-refractivity contribution < 1.29 is 8.78 Å². The maximum Gasteiger partial charge on any atom is 0.164 e. The first-order valence-electron chi connectivity index (χ1n) is 4.20. The van der Waals surface area contributed by atoms with Crippen LogP contribution < -0.4 is 0 Å². The Bertz CT molecular complexity index is 344. The van der Waals surface area contributed by atoms with Crippen molar-refractivity contribution in [3.8, 4) is 0 Å². The summed E-state index contributed by atoms with van der Waals surface area (Å²) in [5.74, 6) is -2.01. The van der Waals surface area contributed by atoms with E-state index in [9.17, 15) is 8.78 Å². The Morgan fingerprint density at radius 1 is 1.00 bits per heavy atom. The number of hydrogen-bond donors (Lipinski definition) is 0. The third-order valence-electron chi connectivity index (χ3n) is 2.09. The van der Waals surface area contributed by atoms with Gasteiger partial charge in [0.15, 0.2) is 11.6 Å². The van der Waals surface area contributed by atoms with Gasteiger partial charge in [-0.1, -0.05) is 37.0 Å². The molecule has 0 aliphatic rings. The molecule has 14 heavy (non-hydrogen) atoms. The fraction of sp³-hybridized carbons (Fsp3) is 0.400. The van der Waals surface area contributed by atoms with E-state index in [-0.39, 0.29) is 27.1 Å². The number of rotatable bonds is 1. The van der Waals surface area contributed by atoms with E-state index < -0.39 is 11.6 Å². The molecule has 0 radical (unpaired) electrons. The van der Waals surface area contributed by atoms with Crippen LogP contribution in [-0.2, 0) is 0 Å². The summed E-state index contributed by atoms with van der Waals surface area (Å²) in [7, 11) is 0. The monoisotopic (exact) mass is 238 g/mol. The molecule has 0 N–H and O–H groups in total. The van der Waals surface area contributed by atoms with E-state index in [0.29, 0.717) is 0 Å². The van der Waals surface area contributed by atoms with E-state index in [2.05, 4.69) is 0 Å². The van der Waals surface area contributed by atoms with Crippen LogP contribution >= 0.6 is 23.2 Å². The van der Waals surface area contributed by atoms with Crippen molar-refractivity contribution in [1.29, 1.82) is 0 Å². The fourth-order valence-corrected chi connectivity index (χ4v) is 1.89. The van der Waals surface area contributed by atoms with Crippen molar-refractivity contribution >= 4 is 23.2 Å². The molecule has 0 aliphatic heterocycles. The zero-order valence-corrected chi connectivity index (χ0v) is 9.60. The quantitative estimate of drug-likeness (QED) is 0.623. The Hall–Kier alpha value is -0.340. The van der Waals surface area contributed by atoms with Gasteiger partial charge in [-0.2, -0.15) is 0 Å². The molecule has 0 aliphatic carbocycles. The van der Waals surface area contributed by atoms with E-state index in [0.717, 1.165) is 0 Å². The molecule has 0 saturated carbocycles. The van der Waals surface area contributed by atoms with Crippen LogP contribution in [0.5, 0.6) is 0 Å². The van der Waals surface area contributed by atoms with Crippen molar-refractivity contribution in [2.24, 2.45) is 0 Å². The van der Waals surface area contributed by atoms with Gasteiger partial charge in [0, 0.05) is 11.1 Å². The molecule has 0 fully saturated rings. The lowest BCUT2D eigenvalue weighted by atomic mass is 10.0. The van der Waals surface area contributed by atoms with Gasteiger partial charge in [-0.25, -0.2) is 8.78 Å². The minimum atomic E-state index is -0.914. The summed E-state index contributed by atoms with van der Waals surface area (Å²) >= 11 is 11.6. The van der Waals surface area contributed by atoms with E-state index in [4.69, 9.17) is 23.2 Å². The average molecular weight is 239 g/mol. The Kier molecular flexibility index (Phi) is 3.38. The molecule has 0 nitrogen and oxygen atoms in total. The van der Waals surface area contributed by atoms with Crippen LogP contribution in [0.4, 0.5) is 8.78 Å². The summed E-state index contributed by atoms with van der Waals surface area (Å²) in [6, 6.07) is 0. The molecule has 0 heterocycles. The second kappa shape index (κ2) is 4.03. The average Bonchev–Trinajstić information content (AvgIpc) is 2.11. The van der Waals surface area contributed by atoms with Crippen LogP contribution in [-0.4, -0.2) is 0 Å². The second-order valence-corrected chi connectivity index (χ2v) is 4.21. The van der Waals surface area contributed by atoms with Gasteiger partial charge in [0.1, 0.15) is 0 Å². The minimum Gasteiger partial charge on any atom is -0.203 e. The van der Waals surface area contributed by atoms with Gasteiger partial charge < -0.3 is 0 Å². The van der Waals surface area contributed by atoms with Crippen LogP contribution in [0.15, 0.2) is 0 Å². The van der Waals surface area contributed by atoms with Crippen LogP contribution in [0, 0.1) is 18.6 Å². The third kappa shape index (κ3) is 1.73. The van der Waals surface area contributed by atoms with Crippen LogP contribution in [0.2, 0.25) is 10.0 Å². The summed E-state index contributed by atoms with van der Waals surface area (Å²) in [5.41, 5.74) is 0.193. The third-order valence-corrected chi connectivity index (χ3v) is 3.06. The zero-order chi connectivity index (χ0) is 11.0. The maximum absolute atomic E-state index is 13.4. The van der Waals surface area contributed by atoms with Crippen molar-refractivity contribution in [1.82, 2.24) is 0 Å². The van der Waals surface area contributed by atoms with Crippen molar-refractivity contribution in [2.45, 2.75) is 26.7 Å². The first-order chi connectivity index (χ1) is 6.37. The van der Waals surface area contributed by atoms with E-state index in [1.54, 1.807) is 13.8 Å². The Morgan fingerprint density at radius 2 is 1.50 bits per heavy atom. The lowest BCUT2D eigenvalue weighted by molar-refractivity contribution is 0.489. The van der Waals surface area contributed by atoms with Crippen LogP contribution in [0.3, 0.4) is 0 Å². The molecule has 0 saturated heterocycles. The molecule has 0 amide bonds. The highest BCUT2D eigenvalue weighted by Crippen LogP contribution is 2.37. The van der Waals surface area contributed by atoms with E-state index >= 15 is 0 Å². The SMILES string of the molecule is Cc1c(F)c(F)c(C(C)C)c(Cl)c1Cl. The normalized spacial score (nSPS) is 11.1. The minimum absolute atomic E-state index is 0.0542. The largest absolute Gasteiger partial charge is 0.203 e. The van der Waals surface area contributed by atoms with Gasteiger partial charge in [-0.15, -0.1) is 0 Å². The predicted octanol–water partition coefficient (Wildman–Crippen LogP) is 4.70. The number of benzene rings is 1. The van der Waals surface area contributed by atoms with Crippen LogP contribution in [0.25, 0.3) is 0 Å². The van der Waals surface area contributed by atoms with Crippen molar-refractivity contribution in [3.63, 3.8) is 0 Å². The smallest absolute Gasteiger partial charge is 0.164 e. The second-order valence-electron chi connectivity index (χ2n) is 3.45. The van der Waals surface area contributed by atoms with Gasteiger partial charge in [0.2, 0.25) is 0 Å². The highest BCUT2D eigenvalue weighted by Gasteiger charge is 2.21. The number of hydrogen-bond acceptors (Lipinski definition) is 0. The Labute approximate surface area is 91.8 Å². The first-order valence-corrected chi connectivity index (χ1v) is 4.96. The molecule has 1 rings (SSSR count). The summed E-state index contributed by atoms with van der Waals surface area (Å²) < 4.78 is 26.7. The molecular formula is C10H10Cl2F2. The maximum atomic E-state index is 13.4. The molecule has 1 aromatic rings. The lowest BCUT2D eigenvalue weighted by Gasteiger charge is -2.13. The van der Waals surface area contributed by atoms with Crippen LogP contribution in [0.1, 0.15) is 30.9 Å². The zero-order valence-electron chi connectivity index (χ0n) is 8.09. The highest BCUT2D eigenvalue weighted by atomic mass is 35.5. The van der Waals surface area contributed by atoms with Gasteiger partial charge in [-0.3, -0.25) is 0 Å². The molecule has 0 unspecified atom stereocenters. The van der Waals surface area contributed by atoms with Gasteiger partial charge >= 0.3 is 0 Å². The summed E-state index contributed by atoms with van der Waals surface area (Å²) in [4.78, 5) is 0. The molecular weight excluding hydrogens is 229 g/mol. The van der Waals surface area contributed by atoms with Gasteiger partial charge in [0.25, 0.3) is 0 Å². The first kappa shape index (κ1) is 11.7. The van der Waals surface area contributed by atoms with Crippen molar-refractivity contribution in [2.75, 3.05) is 0 Å². The molecule has 4 heteroatoms. The summed E-state index contributed by atoms with van der Waals surface area (Å²) in [6.45, 7) is 4.86. The molecule has 0 aromatic heterocycles. The van der Waals surface area contributed by atoms with Gasteiger partial charge in [0.05, 0.1) is 10.0 Å². The lowest BCUT2D eigenvalue weighted by Crippen LogP contribution is -2.01. The molecule has 1 aromatic carbocycles. The molecule has 0 atom stereocenters. The molecule has 78 valence electrons.